The number of amides is 2. The number of nitro benzene ring substituents is 1. The summed E-state index contributed by atoms with van der Waals surface area (Å²) >= 11 is 3.31. The molecule has 11 heteroatoms. The topological polar surface area (TPSA) is 122 Å². The minimum absolute atomic E-state index is 0.130. The third kappa shape index (κ3) is 4.09. The van der Waals surface area contributed by atoms with E-state index in [1.54, 1.807) is 30.3 Å². The Labute approximate surface area is 220 Å². The highest BCUT2D eigenvalue weighted by molar-refractivity contribution is 9.10. The Morgan fingerprint density at radius 2 is 1.81 bits per heavy atom. The highest BCUT2D eigenvalue weighted by Crippen LogP contribution is 2.50. The van der Waals surface area contributed by atoms with Crippen molar-refractivity contribution in [2.75, 3.05) is 17.1 Å². The van der Waals surface area contributed by atoms with E-state index in [1.165, 1.54) is 30.4 Å². The van der Waals surface area contributed by atoms with Crippen molar-refractivity contribution in [2.24, 2.45) is 5.92 Å². The number of nitro groups is 1. The maximum absolute atomic E-state index is 13.8. The van der Waals surface area contributed by atoms with Gasteiger partial charge < -0.3 is 9.84 Å². The monoisotopic (exact) mass is 567 g/mol. The number of phenolic OH excluding ortho intramolecular Hbond substituents is 1. The summed E-state index contributed by atoms with van der Waals surface area (Å²) in [6.07, 6.45) is -0.338. The Bertz CT molecular complexity index is 1410. The van der Waals surface area contributed by atoms with Gasteiger partial charge in [0.25, 0.3) is 11.6 Å². The number of methoxy groups -OCH3 is 1. The summed E-state index contributed by atoms with van der Waals surface area (Å²) in [5, 5.41) is 23.1. The maximum Gasteiger partial charge on any atom is 0.271 e. The molecule has 0 spiro atoms. The molecule has 0 bridgehead atoms. The molecular weight excluding hydrogens is 546 g/mol. The van der Waals surface area contributed by atoms with E-state index in [-0.39, 0.29) is 17.2 Å². The largest absolute Gasteiger partial charge is 0.503 e. The van der Waals surface area contributed by atoms with Gasteiger partial charge in [0.2, 0.25) is 5.91 Å². The minimum atomic E-state index is -1.15. The third-order valence-corrected chi connectivity index (χ3v) is 7.23. The molecule has 3 aromatic rings. The second-order valence-electron chi connectivity index (χ2n) is 8.68. The second-order valence-corrected chi connectivity index (χ2v) is 9.54. The molecule has 2 amide bonds. The van der Waals surface area contributed by atoms with E-state index in [4.69, 9.17) is 9.57 Å². The number of phenols is 1. The van der Waals surface area contributed by atoms with Crippen LogP contribution in [0.2, 0.25) is 0 Å². The Kier molecular flexibility index (Phi) is 6.34. The van der Waals surface area contributed by atoms with Crippen LogP contribution >= 0.6 is 15.9 Å². The molecule has 2 saturated heterocycles. The molecule has 2 aliphatic rings. The number of aromatic hydroxyl groups is 1. The van der Waals surface area contributed by atoms with Gasteiger partial charge >= 0.3 is 0 Å². The number of halogens is 1. The first-order chi connectivity index (χ1) is 17.7. The first kappa shape index (κ1) is 24.7. The van der Waals surface area contributed by atoms with Crippen LogP contribution in [-0.2, 0) is 20.8 Å². The molecule has 37 heavy (non-hydrogen) atoms. The molecule has 0 saturated carbocycles. The number of anilines is 2. The summed E-state index contributed by atoms with van der Waals surface area (Å²) in [7, 11) is 1.39. The zero-order valence-corrected chi connectivity index (χ0v) is 21.4. The van der Waals surface area contributed by atoms with E-state index in [9.17, 15) is 24.8 Å². The molecular formula is C26H22BrN3O7. The first-order valence-corrected chi connectivity index (χ1v) is 12.3. The number of non-ortho nitro benzene ring substituents is 1. The van der Waals surface area contributed by atoms with E-state index >= 15 is 0 Å². The summed E-state index contributed by atoms with van der Waals surface area (Å²) in [5.41, 5.74) is 2.14. The predicted molar refractivity (Wildman–Crippen MR) is 137 cm³/mol. The van der Waals surface area contributed by atoms with Crippen LogP contribution in [0, 0.1) is 16.0 Å². The average Bonchev–Trinajstić information content (AvgIpc) is 3.41. The molecule has 5 rings (SSSR count). The average molecular weight is 568 g/mol. The summed E-state index contributed by atoms with van der Waals surface area (Å²) in [4.78, 5) is 45.4. The zero-order valence-electron chi connectivity index (χ0n) is 19.8. The molecule has 2 heterocycles. The highest BCUT2D eigenvalue weighted by Gasteiger charge is 2.60. The van der Waals surface area contributed by atoms with Crippen molar-refractivity contribution < 1.29 is 29.2 Å². The minimum Gasteiger partial charge on any atom is -0.503 e. The molecule has 1 N–H and O–H groups in total. The Morgan fingerprint density at radius 1 is 1.08 bits per heavy atom. The summed E-state index contributed by atoms with van der Waals surface area (Å²) < 4.78 is 5.61. The summed E-state index contributed by atoms with van der Waals surface area (Å²) in [6.45, 7) is 2.01. The van der Waals surface area contributed by atoms with Gasteiger partial charge in [-0.2, -0.15) is 0 Å². The van der Waals surface area contributed by atoms with Crippen LogP contribution in [0.25, 0.3) is 0 Å². The third-order valence-electron chi connectivity index (χ3n) is 6.63. The van der Waals surface area contributed by atoms with Crippen molar-refractivity contribution in [1.82, 2.24) is 0 Å². The number of imide groups is 1. The Morgan fingerprint density at radius 3 is 2.46 bits per heavy atom. The number of benzene rings is 3. The van der Waals surface area contributed by atoms with E-state index in [0.717, 1.165) is 16.9 Å². The zero-order chi connectivity index (χ0) is 26.4. The van der Waals surface area contributed by atoms with Crippen molar-refractivity contribution in [3.05, 3.63) is 86.4 Å². The lowest BCUT2D eigenvalue weighted by atomic mass is 9.90. The van der Waals surface area contributed by atoms with Gasteiger partial charge in [-0.3, -0.25) is 24.5 Å². The van der Waals surface area contributed by atoms with Crippen molar-refractivity contribution in [2.45, 2.75) is 25.5 Å². The number of aryl methyl sites for hydroxylation is 1. The summed E-state index contributed by atoms with van der Waals surface area (Å²) in [6, 6.07) is 15.2. The first-order valence-electron chi connectivity index (χ1n) is 11.5. The smallest absolute Gasteiger partial charge is 0.271 e. The van der Waals surface area contributed by atoms with Crippen LogP contribution in [0.15, 0.2) is 65.1 Å². The van der Waals surface area contributed by atoms with Gasteiger partial charge in [0.05, 0.1) is 33.9 Å². The normalized spacial score (nSPS) is 20.9. The van der Waals surface area contributed by atoms with Gasteiger partial charge in [-0.05, 0) is 63.8 Å². The number of carbonyl (C=O) groups excluding carboxylic acids is 2. The number of hydrogen-bond donors (Lipinski definition) is 1. The predicted octanol–water partition coefficient (Wildman–Crippen LogP) is 4.69. The number of ether oxygens (including phenoxy) is 1. The molecule has 3 aromatic carbocycles. The molecule has 10 nitrogen and oxygen atoms in total. The van der Waals surface area contributed by atoms with Crippen molar-refractivity contribution in [3.63, 3.8) is 0 Å². The van der Waals surface area contributed by atoms with E-state index < -0.39 is 34.8 Å². The molecule has 0 unspecified atom stereocenters. The number of fused-ring (bicyclic) bond motifs is 1. The fourth-order valence-electron chi connectivity index (χ4n) is 4.78. The van der Waals surface area contributed by atoms with Gasteiger partial charge in [-0.15, -0.1) is 0 Å². The lowest BCUT2D eigenvalue weighted by molar-refractivity contribution is -0.384. The Hall–Kier alpha value is -3.96. The van der Waals surface area contributed by atoms with Crippen LogP contribution < -0.4 is 14.7 Å². The molecule has 0 aliphatic carbocycles. The van der Waals surface area contributed by atoms with Crippen molar-refractivity contribution in [3.8, 4) is 11.5 Å². The molecule has 190 valence electrons. The van der Waals surface area contributed by atoms with Gasteiger partial charge in [-0.1, -0.05) is 25.1 Å². The lowest BCUT2D eigenvalue weighted by Crippen LogP contribution is -2.37. The Balaban J connectivity index is 1.62. The second kappa shape index (κ2) is 9.49. The van der Waals surface area contributed by atoms with E-state index in [1.807, 2.05) is 19.1 Å². The molecule has 2 aliphatic heterocycles. The number of rotatable bonds is 6. The van der Waals surface area contributed by atoms with Gasteiger partial charge in [0, 0.05) is 12.1 Å². The number of carbonyl (C=O) groups is 2. The molecule has 3 atom stereocenters. The number of nitrogens with zero attached hydrogens (tertiary/aromatic N) is 3. The standard InChI is InChI=1S/C26H22BrN3O7/c1-3-14-7-9-16(10-8-14)28-25(32)21-22(15-11-19(27)23(31)20(12-15)36-2)29(37-24(21)26(28)33)17-5-4-6-18(13-17)30(34)35/h4-13,21-22,24,31H,3H2,1-2H3/t21-,22+,24+/m0/s1. The van der Waals surface area contributed by atoms with E-state index in [0.29, 0.717) is 21.4 Å². The van der Waals surface area contributed by atoms with Crippen LogP contribution in [0.3, 0.4) is 0 Å². The van der Waals surface area contributed by atoms with Gasteiger partial charge in [0.1, 0.15) is 5.92 Å². The number of hydrogen-bond acceptors (Lipinski definition) is 8. The van der Waals surface area contributed by atoms with Crippen molar-refractivity contribution >= 4 is 44.8 Å². The lowest BCUT2D eigenvalue weighted by Gasteiger charge is -2.29. The van der Waals surface area contributed by atoms with Crippen LogP contribution in [0.1, 0.15) is 24.1 Å². The molecule has 0 radical (unpaired) electrons. The maximum atomic E-state index is 13.8. The van der Waals surface area contributed by atoms with Gasteiger partial charge in [0.15, 0.2) is 17.6 Å². The van der Waals surface area contributed by atoms with Crippen LogP contribution in [0.5, 0.6) is 11.5 Å². The van der Waals surface area contributed by atoms with Crippen LogP contribution in [-0.4, -0.2) is 35.1 Å². The number of hydroxylamine groups is 1. The molecule has 0 aromatic heterocycles. The van der Waals surface area contributed by atoms with E-state index in [2.05, 4.69) is 15.9 Å². The fraction of sp³-hybridized carbons (Fsp3) is 0.231. The fourth-order valence-corrected chi connectivity index (χ4v) is 5.24. The molecule has 2 fully saturated rings. The summed E-state index contributed by atoms with van der Waals surface area (Å²) in [5.74, 6) is -1.92. The van der Waals surface area contributed by atoms with Crippen LogP contribution in [0.4, 0.5) is 17.1 Å². The van der Waals surface area contributed by atoms with Gasteiger partial charge in [-0.25, -0.2) is 9.96 Å². The quantitative estimate of drug-likeness (QED) is 0.258. The van der Waals surface area contributed by atoms with Crippen molar-refractivity contribution in [1.29, 1.82) is 0 Å². The SMILES string of the molecule is CCc1ccc(N2C(=O)[C@H]3[C@@H](c4cc(Br)c(O)c(OC)c4)N(c4cccc([N+](=O)[O-])c4)O[C@H]3C2=O)cc1. The highest BCUT2D eigenvalue weighted by atomic mass is 79.9.